The zero-order chi connectivity index (χ0) is 22.6. The molecule has 0 bridgehead atoms. The molecule has 1 heteroatoms. The summed E-state index contributed by atoms with van der Waals surface area (Å²) in [6.45, 7) is 15.1. The number of allylic oxidation sites excluding steroid dienone is 8. The van der Waals surface area contributed by atoms with Crippen LogP contribution in [-0.2, 0) is 0 Å². The second kappa shape index (κ2) is 8.75. The van der Waals surface area contributed by atoms with Crippen molar-refractivity contribution in [1.82, 2.24) is 0 Å². The van der Waals surface area contributed by atoms with E-state index in [9.17, 15) is 0 Å². The largest absolute Gasteiger partial charge is 0.0808 e. The fraction of sp³-hybridized carbons (Fsp3) is 0.742. The molecule has 8 atom stereocenters. The third kappa shape index (κ3) is 3.89. The van der Waals surface area contributed by atoms with Gasteiger partial charge in [-0.25, -0.2) is 0 Å². The molecule has 0 saturated heterocycles. The summed E-state index contributed by atoms with van der Waals surface area (Å²) in [5.41, 5.74) is 5.65. The molecule has 4 saturated carbocycles. The Morgan fingerprint density at radius 3 is 1.44 bits per heavy atom. The molecule has 6 rings (SSSR count). The molecule has 4 fully saturated rings. The third-order valence-corrected chi connectivity index (χ3v) is 15.5. The first-order valence-electron chi connectivity index (χ1n) is 14.1. The quantitative estimate of drug-likeness (QED) is 0.376. The van der Waals surface area contributed by atoms with Gasteiger partial charge in [0.2, 0.25) is 0 Å². The minimum atomic E-state index is -1.42. The molecule has 0 N–H and O–H groups in total. The van der Waals surface area contributed by atoms with Crippen molar-refractivity contribution in [2.24, 2.45) is 47.3 Å². The van der Waals surface area contributed by atoms with E-state index in [1.54, 1.807) is 0 Å². The lowest BCUT2D eigenvalue weighted by Gasteiger charge is -2.46. The molecule has 0 aliphatic heterocycles. The molecule has 176 valence electrons. The van der Waals surface area contributed by atoms with Crippen molar-refractivity contribution < 1.29 is 0 Å². The van der Waals surface area contributed by atoms with Gasteiger partial charge in [-0.3, -0.25) is 0 Å². The SMILES string of the molecule is CC1CC2C(C3CC3)=CC=CC2C1[Si](C)(C)C1C(C)CC2C(C3CC3)=CC=CC21.CCC. The summed E-state index contributed by atoms with van der Waals surface area (Å²) >= 11 is 0. The Kier molecular flexibility index (Phi) is 6.28. The fourth-order valence-corrected chi connectivity index (χ4v) is 15.4. The van der Waals surface area contributed by atoms with Crippen molar-refractivity contribution in [3.63, 3.8) is 0 Å². The molecule has 0 aromatic heterocycles. The molecular formula is C31H48Si. The van der Waals surface area contributed by atoms with E-state index in [-0.39, 0.29) is 0 Å². The highest BCUT2D eigenvalue weighted by molar-refractivity contribution is 6.80. The summed E-state index contributed by atoms with van der Waals surface area (Å²) in [5.74, 6) is 7.19. The summed E-state index contributed by atoms with van der Waals surface area (Å²) < 4.78 is 0. The molecule has 0 heterocycles. The minimum absolute atomic E-state index is 0.851. The van der Waals surface area contributed by atoms with Crippen LogP contribution in [0.2, 0.25) is 24.2 Å². The first kappa shape index (κ1) is 22.9. The van der Waals surface area contributed by atoms with Crippen LogP contribution >= 0.6 is 0 Å². The van der Waals surface area contributed by atoms with Gasteiger partial charge in [0.25, 0.3) is 0 Å². The first-order chi connectivity index (χ1) is 15.4. The average molecular weight is 449 g/mol. The van der Waals surface area contributed by atoms with Gasteiger partial charge in [0, 0.05) is 0 Å². The van der Waals surface area contributed by atoms with E-state index in [2.05, 4.69) is 77.2 Å². The first-order valence-corrected chi connectivity index (χ1v) is 17.3. The molecule has 0 aromatic rings. The van der Waals surface area contributed by atoms with Crippen LogP contribution in [0.25, 0.3) is 0 Å². The zero-order valence-electron chi connectivity index (χ0n) is 21.7. The van der Waals surface area contributed by atoms with E-state index in [1.807, 2.05) is 11.1 Å². The molecule has 8 unspecified atom stereocenters. The maximum Gasteiger partial charge on any atom is 0.0553 e. The van der Waals surface area contributed by atoms with Crippen molar-refractivity contribution in [3.8, 4) is 0 Å². The molecular weight excluding hydrogens is 400 g/mol. The number of fused-ring (bicyclic) bond motifs is 2. The van der Waals surface area contributed by atoms with Crippen LogP contribution < -0.4 is 0 Å². The van der Waals surface area contributed by atoms with Crippen molar-refractivity contribution >= 4 is 8.07 Å². The Morgan fingerprint density at radius 2 is 1.09 bits per heavy atom. The molecule has 32 heavy (non-hydrogen) atoms. The van der Waals surface area contributed by atoms with Gasteiger partial charge in [0.05, 0.1) is 8.07 Å². The van der Waals surface area contributed by atoms with Gasteiger partial charge in [-0.15, -0.1) is 0 Å². The summed E-state index contributed by atoms with van der Waals surface area (Å²) in [6, 6.07) is 0. The normalized spacial score (nSPS) is 42.6. The standard InChI is InChI=1S/C28H40Si.C3H8/c1-17-15-25-21(19-11-12-19)7-5-9-23(25)27(17)29(3,4)28-18(2)16-26-22(20-13-14-20)8-6-10-24(26)28;1-3-2/h5-10,17-20,23-28H,11-16H2,1-4H3;3H2,1-2H3. The summed E-state index contributed by atoms with van der Waals surface area (Å²) in [4.78, 5) is 0. The van der Waals surface area contributed by atoms with Crippen LogP contribution in [0.5, 0.6) is 0 Å². The van der Waals surface area contributed by atoms with Crippen LogP contribution in [0.1, 0.15) is 72.6 Å². The van der Waals surface area contributed by atoms with E-state index >= 15 is 0 Å². The van der Waals surface area contributed by atoms with Gasteiger partial charge >= 0.3 is 0 Å². The lowest BCUT2D eigenvalue weighted by molar-refractivity contribution is 0.469. The molecule has 0 radical (unpaired) electrons. The van der Waals surface area contributed by atoms with Crippen LogP contribution in [0.15, 0.2) is 47.6 Å². The van der Waals surface area contributed by atoms with E-state index in [4.69, 9.17) is 0 Å². The number of hydrogen-bond acceptors (Lipinski definition) is 0. The van der Waals surface area contributed by atoms with Gasteiger partial charge in [0.15, 0.2) is 0 Å². The van der Waals surface area contributed by atoms with Gasteiger partial charge in [-0.1, -0.05) is 94.8 Å². The Labute approximate surface area is 199 Å². The summed E-state index contributed by atoms with van der Waals surface area (Å²) in [6.07, 6.45) is 25.3. The van der Waals surface area contributed by atoms with Crippen LogP contribution in [0.3, 0.4) is 0 Å². The second-order valence-electron chi connectivity index (χ2n) is 13.0. The van der Waals surface area contributed by atoms with Crippen LogP contribution in [0, 0.1) is 47.3 Å². The minimum Gasteiger partial charge on any atom is -0.0808 e. The van der Waals surface area contributed by atoms with E-state index in [0.29, 0.717) is 0 Å². The Hall–Kier alpha value is -0.823. The van der Waals surface area contributed by atoms with Crippen molar-refractivity contribution in [3.05, 3.63) is 47.6 Å². The zero-order valence-corrected chi connectivity index (χ0v) is 22.7. The average Bonchev–Trinajstić information content (AvgIpc) is 3.66. The molecule has 0 aromatic carbocycles. The predicted octanol–water partition coefficient (Wildman–Crippen LogP) is 9.21. The molecule has 6 aliphatic carbocycles. The van der Waals surface area contributed by atoms with Gasteiger partial charge in [0.1, 0.15) is 0 Å². The molecule has 0 amide bonds. The topological polar surface area (TPSA) is 0 Å². The van der Waals surface area contributed by atoms with Crippen LogP contribution in [0.4, 0.5) is 0 Å². The second-order valence-corrected chi connectivity index (χ2v) is 18.0. The highest BCUT2D eigenvalue weighted by Gasteiger charge is 2.58. The Bertz CT molecular complexity index is 751. The van der Waals surface area contributed by atoms with Gasteiger partial charge < -0.3 is 0 Å². The number of hydrogen-bond donors (Lipinski definition) is 0. The Morgan fingerprint density at radius 1 is 0.719 bits per heavy atom. The van der Waals surface area contributed by atoms with Gasteiger partial charge in [-0.05, 0) is 97.0 Å². The lowest BCUT2D eigenvalue weighted by Crippen LogP contribution is -2.45. The molecule has 0 spiro atoms. The monoisotopic (exact) mass is 448 g/mol. The molecule has 6 aliphatic rings. The Balaban J connectivity index is 0.000000684. The highest BCUT2D eigenvalue weighted by Crippen LogP contribution is 2.65. The maximum absolute atomic E-state index is 2.81. The van der Waals surface area contributed by atoms with E-state index in [0.717, 1.165) is 58.4 Å². The van der Waals surface area contributed by atoms with E-state index < -0.39 is 8.07 Å². The summed E-state index contributed by atoms with van der Waals surface area (Å²) in [5, 5.41) is 0. The van der Waals surface area contributed by atoms with Crippen molar-refractivity contribution in [1.29, 1.82) is 0 Å². The lowest BCUT2D eigenvalue weighted by atomic mass is 9.82. The summed E-state index contributed by atoms with van der Waals surface area (Å²) in [7, 11) is -1.42. The number of rotatable bonds is 4. The predicted molar refractivity (Wildman–Crippen MR) is 142 cm³/mol. The van der Waals surface area contributed by atoms with E-state index in [1.165, 1.54) is 44.9 Å². The maximum atomic E-state index is 2.81. The van der Waals surface area contributed by atoms with Crippen molar-refractivity contribution in [2.45, 2.75) is 96.8 Å². The smallest absolute Gasteiger partial charge is 0.0553 e. The fourth-order valence-electron chi connectivity index (χ4n) is 9.12. The van der Waals surface area contributed by atoms with Crippen LogP contribution in [-0.4, -0.2) is 8.07 Å². The van der Waals surface area contributed by atoms with Crippen molar-refractivity contribution in [2.75, 3.05) is 0 Å². The molecule has 0 nitrogen and oxygen atoms in total. The third-order valence-electron chi connectivity index (χ3n) is 10.2. The highest BCUT2D eigenvalue weighted by atomic mass is 28.3. The van der Waals surface area contributed by atoms with Gasteiger partial charge in [-0.2, -0.15) is 0 Å².